The van der Waals surface area contributed by atoms with Gasteiger partial charge in [0.2, 0.25) is 5.91 Å². The van der Waals surface area contributed by atoms with E-state index in [0.717, 1.165) is 0 Å². The molecular formula is C9H13N5O3. The quantitative estimate of drug-likeness (QED) is 0.472. The van der Waals surface area contributed by atoms with Crippen molar-refractivity contribution in [3.63, 3.8) is 0 Å². The van der Waals surface area contributed by atoms with E-state index in [1.54, 1.807) is 13.8 Å². The monoisotopic (exact) mass is 239 g/mol. The first-order valence-corrected chi connectivity index (χ1v) is 4.88. The standard InChI is InChI=1S/C9H13N5O3/c1-6(11-12-8(3)15)5-13-7(2)10-4-9(13)14(16)17/h4H,5H2,1-3H3,(H,12,15)/b11-6+. The lowest BCUT2D eigenvalue weighted by Crippen LogP contribution is -2.18. The summed E-state index contributed by atoms with van der Waals surface area (Å²) >= 11 is 0. The van der Waals surface area contributed by atoms with Gasteiger partial charge >= 0.3 is 5.82 Å². The Morgan fingerprint density at radius 1 is 1.65 bits per heavy atom. The molecule has 0 spiro atoms. The molecule has 1 N–H and O–H groups in total. The van der Waals surface area contributed by atoms with E-state index in [1.807, 2.05) is 0 Å². The van der Waals surface area contributed by atoms with Crippen molar-refractivity contribution >= 4 is 17.4 Å². The van der Waals surface area contributed by atoms with Crippen LogP contribution >= 0.6 is 0 Å². The van der Waals surface area contributed by atoms with Gasteiger partial charge in [-0.1, -0.05) is 0 Å². The maximum Gasteiger partial charge on any atom is 0.343 e. The van der Waals surface area contributed by atoms with Crippen molar-refractivity contribution < 1.29 is 9.72 Å². The molecular weight excluding hydrogens is 226 g/mol. The zero-order chi connectivity index (χ0) is 13.0. The molecule has 17 heavy (non-hydrogen) atoms. The van der Waals surface area contributed by atoms with Crippen LogP contribution in [-0.2, 0) is 11.3 Å². The molecule has 0 radical (unpaired) electrons. The number of carbonyl (C=O) groups is 1. The maximum atomic E-state index is 10.7. The Morgan fingerprint density at radius 3 is 2.82 bits per heavy atom. The van der Waals surface area contributed by atoms with Crippen molar-refractivity contribution in [3.05, 3.63) is 22.1 Å². The van der Waals surface area contributed by atoms with Crippen molar-refractivity contribution in [2.24, 2.45) is 5.10 Å². The minimum Gasteiger partial charge on any atom is -0.358 e. The number of hydrazone groups is 1. The molecule has 1 heterocycles. The van der Waals surface area contributed by atoms with E-state index in [1.165, 1.54) is 17.7 Å². The molecule has 0 aliphatic rings. The number of rotatable bonds is 4. The van der Waals surface area contributed by atoms with Crippen molar-refractivity contribution in [2.75, 3.05) is 0 Å². The zero-order valence-corrected chi connectivity index (χ0v) is 9.80. The second-order valence-corrected chi connectivity index (χ2v) is 3.52. The number of aryl methyl sites for hydroxylation is 1. The third kappa shape index (κ3) is 3.37. The van der Waals surface area contributed by atoms with E-state index >= 15 is 0 Å². The van der Waals surface area contributed by atoms with Gasteiger partial charge in [-0.2, -0.15) is 5.10 Å². The number of imidazole rings is 1. The first kappa shape index (κ1) is 12.8. The van der Waals surface area contributed by atoms with Crippen LogP contribution < -0.4 is 5.43 Å². The van der Waals surface area contributed by atoms with Gasteiger partial charge in [0.25, 0.3) is 0 Å². The molecule has 0 aliphatic heterocycles. The van der Waals surface area contributed by atoms with Crippen LogP contribution in [-0.4, -0.2) is 26.1 Å². The van der Waals surface area contributed by atoms with Gasteiger partial charge in [0, 0.05) is 13.8 Å². The summed E-state index contributed by atoms with van der Waals surface area (Å²) in [5.74, 6) is 0.134. The molecule has 0 unspecified atom stereocenters. The lowest BCUT2D eigenvalue weighted by atomic mass is 10.4. The zero-order valence-electron chi connectivity index (χ0n) is 9.80. The summed E-state index contributed by atoms with van der Waals surface area (Å²) in [5, 5.41) is 14.5. The number of hydrogen-bond acceptors (Lipinski definition) is 5. The van der Waals surface area contributed by atoms with Gasteiger partial charge in [-0.05, 0) is 11.8 Å². The number of carbonyl (C=O) groups excluding carboxylic acids is 1. The van der Waals surface area contributed by atoms with Gasteiger partial charge < -0.3 is 10.1 Å². The lowest BCUT2D eigenvalue weighted by molar-refractivity contribution is -0.392. The highest BCUT2D eigenvalue weighted by Gasteiger charge is 2.17. The van der Waals surface area contributed by atoms with Crippen molar-refractivity contribution in [1.82, 2.24) is 15.0 Å². The van der Waals surface area contributed by atoms with E-state index in [4.69, 9.17) is 0 Å². The molecule has 0 bridgehead atoms. The number of nitrogens with one attached hydrogen (secondary N) is 1. The Hall–Kier alpha value is -2.25. The second-order valence-electron chi connectivity index (χ2n) is 3.52. The van der Waals surface area contributed by atoms with Crippen LogP contribution in [0.15, 0.2) is 11.3 Å². The summed E-state index contributed by atoms with van der Waals surface area (Å²) < 4.78 is 1.42. The predicted molar refractivity (Wildman–Crippen MR) is 60.5 cm³/mol. The minimum atomic E-state index is -0.508. The molecule has 8 heteroatoms. The topological polar surface area (TPSA) is 102 Å². The van der Waals surface area contributed by atoms with E-state index in [9.17, 15) is 14.9 Å². The smallest absolute Gasteiger partial charge is 0.343 e. The molecule has 1 aromatic rings. The third-order valence-electron chi connectivity index (χ3n) is 2.01. The predicted octanol–water partition coefficient (Wildman–Crippen LogP) is 0.612. The number of nitrogens with zero attached hydrogens (tertiary/aromatic N) is 4. The van der Waals surface area contributed by atoms with E-state index < -0.39 is 4.92 Å². The van der Waals surface area contributed by atoms with Crippen LogP contribution in [0.5, 0.6) is 0 Å². The van der Waals surface area contributed by atoms with Gasteiger partial charge in [-0.15, -0.1) is 0 Å². The highest BCUT2D eigenvalue weighted by atomic mass is 16.6. The summed E-state index contributed by atoms with van der Waals surface area (Å²) in [6.45, 7) is 4.88. The first-order chi connectivity index (χ1) is 7.91. The molecule has 92 valence electrons. The largest absolute Gasteiger partial charge is 0.358 e. The minimum absolute atomic E-state index is 0.0973. The molecule has 8 nitrogen and oxygen atoms in total. The Balaban J connectivity index is 2.87. The average Bonchev–Trinajstić information content (AvgIpc) is 2.58. The van der Waals surface area contributed by atoms with E-state index in [-0.39, 0.29) is 18.3 Å². The molecule has 0 fully saturated rings. The van der Waals surface area contributed by atoms with E-state index in [0.29, 0.717) is 11.5 Å². The molecule has 0 aromatic carbocycles. The molecule has 0 aliphatic carbocycles. The molecule has 0 saturated carbocycles. The van der Waals surface area contributed by atoms with E-state index in [2.05, 4.69) is 15.5 Å². The van der Waals surface area contributed by atoms with Crippen LogP contribution in [0.1, 0.15) is 19.7 Å². The lowest BCUT2D eigenvalue weighted by Gasteiger charge is -2.02. The van der Waals surface area contributed by atoms with Crippen LogP contribution in [0.3, 0.4) is 0 Å². The maximum absolute atomic E-state index is 10.7. The van der Waals surface area contributed by atoms with Crippen LogP contribution in [0, 0.1) is 17.0 Å². The molecule has 1 aromatic heterocycles. The highest BCUT2D eigenvalue weighted by Crippen LogP contribution is 2.13. The fourth-order valence-electron chi connectivity index (χ4n) is 1.24. The summed E-state index contributed by atoms with van der Waals surface area (Å²) in [4.78, 5) is 24.7. The van der Waals surface area contributed by atoms with Gasteiger partial charge in [-0.3, -0.25) is 4.79 Å². The number of amides is 1. The fraction of sp³-hybridized carbons (Fsp3) is 0.444. The van der Waals surface area contributed by atoms with Gasteiger partial charge in [0.15, 0.2) is 5.82 Å². The summed E-state index contributed by atoms with van der Waals surface area (Å²) in [5.41, 5.74) is 2.82. The van der Waals surface area contributed by atoms with Crippen molar-refractivity contribution in [2.45, 2.75) is 27.3 Å². The normalized spacial score (nSPS) is 11.4. The Morgan fingerprint density at radius 2 is 2.29 bits per heavy atom. The van der Waals surface area contributed by atoms with Crippen LogP contribution in [0.25, 0.3) is 0 Å². The highest BCUT2D eigenvalue weighted by molar-refractivity contribution is 5.83. The average molecular weight is 239 g/mol. The molecule has 1 rings (SSSR count). The number of nitro groups is 1. The van der Waals surface area contributed by atoms with Gasteiger partial charge in [0.05, 0.1) is 5.71 Å². The Bertz CT molecular complexity index is 477. The van der Waals surface area contributed by atoms with Gasteiger partial charge in [-0.25, -0.2) is 15.0 Å². The molecule has 0 atom stereocenters. The Labute approximate surface area is 97.5 Å². The molecule has 1 amide bonds. The van der Waals surface area contributed by atoms with Crippen LogP contribution in [0.2, 0.25) is 0 Å². The fourth-order valence-corrected chi connectivity index (χ4v) is 1.24. The second kappa shape index (κ2) is 5.19. The summed E-state index contributed by atoms with van der Waals surface area (Å²) in [7, 11) is 0. The third-order valence-corrected chi connectivity index (χ3v) is 2.01. The summed E-state index contributed by atoms with van der Waals surface area (Å²) in [6, 6.07) is 0. The molecule has 0 saturated heterocycles. The SMILES string of the molecule is CC(=O)N/N=C(\C)Cn1c([N+](=O)[O-])cnc1C. The Kier molecular flexibility index (Phi) is 3.91. The van der Waals surface area contributed by atoms with Crippen molar-refractivity contribution in [1.29, 1.82) is 0 Å². The first-order valence-electron chi connectivity index (χ1n) is 4.88. The van der Waals surface area contributed by atoms with Gasteiger partial charge in [0.1, 0.15) is 12.7 Å². The van der Waals surface area contributed by atoms with Crippen molar-refractivity contribution in [3.8, 4) is 0 Å². The number of aromatic nitrogens is 2. The van der Waals surface area contributed by atoms with Crippen LogP contribution in [0.4, 0.5) is 5.82 Å². The number of hydrogen-bond donors (Lipinski definition) is 1. The summed E-state index contributed by atoms with van der Waals surface area (Å²) in [6.07, 6.45) is 1.20.